The number of halogens is 1. The molecule has 1 aromatic carbocycles. The molecule has 0 aliphatic rings. The predicted molar refractivity (Wildman–Crippen MR) is 66.0 cm³/mol. The first-order chi connectivity index (χ1) is 7.68. The van der Waals surface area contributed by atoms with E-state index >= 15 is 0 Å². The van der Waals surface area contributed by atoms with Crippen LogP contribution >= 0.6 is 15.9 Å². The Hall–Kier alpha value is -1.13. The van der Waals surface area contributed by atoms with Gasteiger partial charge in [-0.2, -0.15) is 5.10 Å². The van der Waals surface area contributed by atoms with E-state index in [2.05, 4.69) is 21.0 Å². The number of aliphatic hydroxyl groups excluding tert-OH is 1. The number of aromatic nitrogens is 2. The lowest BCUT2D eigenvalue weighted by molar-refractivity contribution is 0.168. The van der Waals surface area contributed by atoms with Gasteiger partial charge in [0.15, 0.2) is 0 Å². The van der Waals surface area contributed by atoms with Crippen LogP contribution in [-0.2, 0) is 13.5 Å². The molecule has 4 heteroatoms. The number of benzene rings is 1. The van der Waals surface area contributed by atoms with Gasteiger partial charge in [-0.15, -0.1) is 0 Å². The van der Waals surface area contributed by atoms with Gasteiger partial charge in [-0.3, -0.25) is 4.68 Å². The molecule has 3 nitrogen and oxygen atoms in total. The third-order valence-corrected chi connectivity index (χ3v) is 3.34. The Morgan fingerprint density at radius 2 is 2.12 bits per heavy atom. The molecule has 0 spiro atoms. The van der Waals surface area contributed by atoms with Gasteiger partial charge in [0.05, 0.1) is 11.8 Å². The molecule has 1 aromatic heterocycles. The lowest BCUT2D eigenvalue weighted by Crippen LogP contribution is -2.08. The fraction of sp³-hybridized carbons (Fsp3) is 0.250. The lowest BCUT2D eigenvalue weighted by atomic mass is 10.1. The Labute approximate surface area is 103 Å². The minimum absolute atomic E-state index is 0.522. The molecule has 0 fully saturated rings. The molecule has 1 heterocycles. The van der Waals surface area contributed by atoms with Crippen LogP contribution in [0.4, 0.5) is 0 Å². The van der Waals surface area contributed by atoms with Crippen molar-refractivity contribution in [2.45, 2.75) is 12.5 Å². The molecule has 2 rings (SSSR count). The van der Waals surface area contributed by atoms with Crippen LogP contribution in [0.3, 0.4) is 0 Å². The van der Waals surface area contributed by atoms with E-state index in [1.807, 2.05) is 37.4 Å². The van der Waals surface area contributed by atoms with Crippen LogP contribution in [0.15, 0.2) is 41.0 Å². The van der Waals surface area contributed by atoms with E-state index in [9.17, 15) is 5.11 Å². The average Bonchev–Trinajstić information content (AvgIpc) is 2.68. The van der Waals surface area contributed by atoms with Crippen molar-refractivity contribution in [2.24, 2.45) is 7.05 Å². The highest BCUT2D eigenvalue weighted by Gasteiger charge is 2.13. The summed E-state index contributed by atoms with van der Waals surface area (Å²) in [6.45, 7) is 0. The van der Waals surface area contributed by atoms with Crippen LogP contribution in [0.5, 0.6) is 0 Å². The van der Waals surface area contributed by atoms with E-state index in [1.54, 1.807) is 10.9 Å². The summed E-state index contributed by atoms with van der Waals surface area (Å²) in [5.41, 5.74) is 1.92. The summed E-state index contributed by atoms with van der Waals surface area (Å²) in [5.74, 6) is 0. The van der Waals surface area contributed by atoms with Crippen molar-refractivity contribution in [3.8, 4) is 0 Å². The number of rotatable bonds is 3. The smallest absolute Gasteiger partial charge is 0.0997 e. The third-order valence-electron chi connectivity index (χ3n) is 2.57. The van der Waals surface area contributed by atoms with Gasteiger partial charge >= 0.3 is 0 Å². The average molecular weight is 281 g/mol. The zero-order chi connectivity index (χ0) is 11.5. The molecule has 2 aromatic rings. The van der Waals surface area contributed by atoms with Gasteiger partial charge in [0.1, 0.15) is 0 Å². The quantitative estimate of drug-likeness (QED) is 0.938. The zero-order valence-corrected chi connectivity index (χ0v) is 10.6. The number of nitrogens with zero attached hydrogens (tertiary/aromatic N) is 2. The van der Waals surface area contributed by atoms with Crippen LogP contribution in [0.2, 0.25) is 0 Å². The molecule has 1 unspecified atom stereocenters. The monoisotopic (exact) mass is 280 g/mol. The first-order valence-corrected chi connectivity index (χ1v) is 5.87. The highest BCUT2D eigenvalue weighted by Crippen LogP contribution is 2.23. The maximum atomic E-state index is 10.1. The van der Waals surface area contributed by atoms with E-state index in [-0.39, 0.29) is 0 Å². The molecule has 0 radical (unpaired) electrons. The number of hydrogen-bond donors (Lipinski definition) is 1. The Bertz CT molecular complexity index is 481. The second-order valence-electron chi connectivity index (χ2n) is 3.69. The van der Waals surface area contributed by atoms with E-state index < -0.39 is 6.10 Å². The van der Waals surface area contributed by atoms with Gasteiger partial charge in [0, 0.05) is 24.1 Å². The largest absolute Gasteiger partial charge is 0.386 e. The van der Waals surface area contributed by atoms with E-state index in [4.69, 9.17) is 0 Å². The Kier molecular flexibility index (Phi) is 3.41. The highest BCUT2D eigenvalue weighted by atomic mass is 79.9. The number of aryl methyl sites for hydroxylation is 1. The molecule has 0 bridgehead atoms. The molecule has 1 atom stereocenters. The van der Waals surface area contributed by atoms with Crippen molar-refractivity contribution < 1.29 is 5.11 Å². The first-order valence-electron chi connectivity index (χ1n) is 5.08. The van der Waals surface area contributed by atoms with E-state index in [1.165, 1.54) is 0 Å². The standard InChI is InChI=1S/C12H13BrN2O/c1-15-11(6-7-14-15)12(16)8-9-4-2-3-5-10(9)13/h2-7,12,16H,8H2,1H3. The van der Waals surface area contributed by atoms with Crippen molar-refractivity contribution in [1.29, 1.82) is 0 Å². The van der Waals surface area contributed by atoms with E-state index in [0.717, 1.165) is 15.7 Å². The Balaban J connectivity index is 2.17. The van der Waals surface area contributed by atoms with Gasteiger partial charge in [-0.05, 0) is 17.7 Å². The maximum absolute atomic E-state index is 10.1. The molecule has 16 heavy (non-hydrogen) atoms. The minimum Gasteiger partial charge on any atom is -0.386 e. The fourth-order valence-corrected chi connectivity index (χ4v) is 2.13. The molecular formula is C12H13BrN2O. The lowest BCUT2D eigenvalue weighted by Gasteiger charge is -2.12. The Morgan fingerprint density at radius 3 is 2.75 bits per heavy atom. The fourth-order valence-electron chi connectivity index (χ4n) is 1.69. The van der Waals surface area contributed by atoms with Crippen LogP contribution in [0.25, 0.3) is 0 Å². The molecule has 0 amide bonds. The van der Waals surface area contributed by atoms with Gasteiger partial charge in [-0.25, -0.2) is 0 Å². The minimum atomic E-state index is -0.522. The summed E-state index contributed by atoms with van der Waals surface area (Å²) >= 11 is 3.47. The number of hydrogen-bond acceptors (Lipinski definition) is 2. The van der Waals surface area contributed by atoms with Gasteiger partial charge in [0.25, 0.3) is 0 Å². The topological polar surface area (TPSA) is 38.0 Å². The number of aliphatic hydroxyl groups is 1. The summed E-state index contributed by atoms with van der Waals surface area (Å²) in [7, 11) is 1.83. The van der Waals surface area contributed by atoms with Crippen molar-refractivity contribution in [3.63, 3.8) is 0 Å². The normalized spacial score (nSPS) is 12.7. The molecular weight excluding hydrogens is 268 g/mol. The van der Waals surface area contributed by atoms with Crippen LogP contribution in [-0.4, -0.2) is 14.9 Å². The second kappa shape index (κ2) is 4.80. The molecule has 0 saturated carbocycles. The second-order valence-corrected chi connectivity index (χ2v) is 4.55. The van der Waals surface area contributed by atoms with Crippen molar-refractivity contribution >= 4 is 15.9 Å². The van der Waals surface area contributed by atoms with Gasteiger partial charge in [0.2, 0.25) is 0 Å². The summed E-state index contributed by atoms with van der Waals surface area (Å²) in [4.78, 5) is 0. The van der Waals surface area contributed by atoms with Gasteiger partial charge in [-0.1, -0.05) is 34.1 Å². The summed E-state index contributed by atoms with van der Waals surface area (Å²) in [6, 6.07) is 9.75. The predicted octanol–water partition coefficient (Wildman–Crippen LogP) is 2.46. The Morgan fingerprint density at radius 1 is 1.38 bits per heavy atom. The summed E-state index contributed by atoms with van der Waals surface area (Å²) in [6.07, 6.45) is 1.76. The van der Waals surface area contributed by atoms with Gasteiger partial charge < -0.3 is 5.11 Å². The molecule has 84 valence electrons. The van der Waals surface area contributed by atoms with Crippen molar-refractivity contribution in [3.05, 3.63) is 52.3 Å². The summed E-state index contributed by atoms with van der Waals surface area (Å²) < 4.78 is 2.72. The molecule has 0 aliphatic heterocycles. The summed E-state index contributed by atoms with van der Waals surface area (Å²) in [5, 5.41) is 14.1. The van der Waals surface area contributed by atoms with Crippen LogP contribution in [0, 0.1) is 0 Å². The highest BCUT2D eigenvalue weighted by molar-refractivity contribution is 9.10. The van der Waals surface area contributed by atoms with Crippen molar-refractivity contribution in [2.75, 3.05) is 0 Å². The third kappa shape index (κ3) is 2.33. The molecule has 0 saturated heterocycles. The van der Waals surface area contributed by atoms with Crippen molar-refractivity contribution in [1.82, 2.24) is 9.78 Å². The molecule has 1 N–H and O–H groups in total. The first kappa shape index (κ1) is 11.4. The maximum Gasteiger partial charge on any atom is 0.0997 e. The molecule has 0 aliphatic carbocycles. The van der Waals surface area contributed by atoms with Crippen LogP contribution in [0.1, 0.15) is 17.4 Å². The van der Waals surface area contributed by atoms with Crippen LogP contribution < -0.4 is 0 Å². The SMILES string of the molecule is Cn1nccc1C(O)Cc1ccccc1Br. The van der Waals surface area contributed by atoms with E-state index in [0.29, 0.717) is 6.42 Å². The zero-order valence-electron chi connectivity index (χ0n) is 8.97.